The molecule has 0 unspecified atom stereocenters. The van der Waals surface area contributed by atoms with Crippen molar-refractivity contribution in [3.05, 3.63) is 35.4 Å². The third-order valence-corrected chi connectivity index (χ3v) is 1.90. The van der Waals surface area contributed by atoms with Gasteiger partial charge < -0.3 is 16.2 Å². The van der Waals surface area contributed by atoms with E-state index in [-0.39, 0.29) is 6.54 Å². The number of amides is 1. The number of carbonyl (C=O) groups is 2. The van der Waals surface area contributed by atoms with E-state index in [0.717, 1.165) is 0 Å². The van der Waals surface area contributed by atoms with Crippen molar-refractivity contribution in [1.29, 1.82) is 0 Å². The summed E-state index contributed by atoms with van der Waals surface area (Å²) in [5, 5.41) is 10.7. The van der Waals surface area contributed by atoms with Gasteiger partial charge in [0.05, 0.1) is 12.1 Å². The summed E-state index contributed by atoms with van der Waals surface area (Å²) in [6.07, 6.45) is 0. The Bertz CT molecular complexity index is 486. The lowest BCUT2D eigenvalue weighted by molar-refractivity contribution is -0.135. The first-order valence-corrected chi connectivity index (χ1v) is 4.93. The van der Waals surface area contributed by atoms with Crippen LogP contribution in [0, 0.1) is 11.8 Å². The summed E-state index contributed by atoms with van der Waals surface area (Å²) in [5.41, 5.74) is 6.12. The predicted octanol–water partition coefficient (Wildman–Crippen LogP) is -0.189. The maximum absolute atomic E-state index is 11.7. The van der Waals surface area contributed by atoms with Gasteiger partial charge in [-0.15, -0.1) is 0 Å². The molecule has 0 heterocycles. The highest BCUT2D eigenvalue weighted by atomic mass is 16.4. The molecule has 1 aromatic rings. The van der Waals surface area contributed by atoms with Gasteiger partial charge in [0.25, 0.3) is 5.91 Å². The minimum absolute atomic E-state index is 0.199. The van der Waals surface area contributed by atoms with E-state index >= 15 is 0 Å². The van der Waals surface area contributed by atoms with Crippen molar-refractivity contribution in [3.63, 3.8) is 0 Å². The Morgan fingerprint density at radius 2 is 2.06 bits per heavy atom. The molecule has 0 saturated heterocycles. The summed E-state index contributed by atoms with van der Waals surface area (Å²) in [5.74, 6) is 3.85. The molecule has 1 amide bonds. The van der Waals surface area contributed by atoms with Crippen LogP contribution in [0.4, 0.5) is 0 Å². The van der Waals surface area contributed by atoms with Gasteiger partial charge in [-0.3, -0.25) is 9.59 Å². The Labute approximate surface area is 98.6 Å². The van der Waals surface area contributed by atoms with Crippen molar-refractivity contribution >= 4 is 11.9 Å². The second-order valence-electron chi connectivity index (χ2n) is 3.13. The van der Waals surface area contributed by atoms with Gasteiger partial charge in [0.1, 0.15) is 6.54 Å². The molecule has 0 radical (unpaired) electrons. The van der Waals surface area contributed by atoms with Gasteiger partial charge in [-0.25, -0.2) is 0 Å². The third kappa shape index (κ3) is 3.97. The standard InChI is InChI=1S/C12H12N2O3/c13-7-3-5-9-4-1-2-6-10(9)12(17)14-8-11(15)16/h1-2,4,6H,7-8,13H2,(H,14,17)(H,15,16). The topological polar surface area (TPSA) is 92.4 Å². The Morgan fingerprint density at radius 1 is 1.35 bits per heavy atom. The van der Waals surface area contributed by atoms with E-state index < -0.39 is 18.4 Å². The van der Waals surface area contributed by atoms with Crippen molar-refractivity contribution in [2.45, 2.75) is 0 Å². The minimum Gasteiger partial charge on any atom is -0.480 e. The van der Waals surface area contributed by atoms with Gasteiger partial charge in [-0.2, -0.15) is 0 Å². The Hall–Kier alpha value is -2.32. The third-order valence-electron chi connectivity index (χ3n) is 1.90. The fourth-order valence-corrected chi connectivity index (χ4v) is 1.19. The average molecular weight is 232 g/mol. The molecule has 5 heteroatoms. The number of carboxylic acids is 1. The van der Waals surface area contributed by atoms with E-state index in [1.54, 1.807) is 24.3 Å². The molecule has 17 heavy (non-hydrogen) atoms. The van der Waals surface area contributed by atoms with Gasteiger partial charge in [0, 0.05) is 5.56 Å². The summed E-state index contributed by atoms with van der Waals surface area (Å²) < 4.78 is 0. The fraction of sp³-hybridized carbons (Fsp3) is 0.167. The van der Waals surface area contributed by atoms with Crippen LogP contribution in [0.25, 0.3) is 0 Å². The molecule has 4 N–H and O–H groups in total. The first-order chi connectivity index (χ1) is 8.15. The van der Waals surface area contributed by atoms with E-state index in [9.17, 15) is 9.59 Å². The van der Waals surface area contributed by atoms with Crippen molar-refractivity contribution in [2.75, 3.05) is 13.1 Å². The highest BCUT2D eigenvalue weighted by molar-refractivity contribution is 5.98. The van der Waals surface area contributed by atoms with Crippen molar-refractivity contribution in [2.24, 2.45) is 5.73 Å². The van der Waals surface area contributed by atoms with Crippen LogP contribution in [0.1, 0.15) is 15.9 Å². The molecule has 0 saturated carbocycles. The Morgan fingerprint density at radius 3 is 2.71 bits per heavy atom. The van der Waals surface area contributed by atoms with Crippen molar-refractivity contribution < 1.29 is 14.7 Å². The SMILES string of the molecule is NCC#Cc1ccccc1C(=O)NCC(=O)O. The maximum atomic E-state index is 11.7. The number of hydrogen-bond acceptors (Lipinski definition) is 3. The molecule has 0 spiro atoms. The summed E-state index contributed by atoms with van der Waals surface area (Å²) >= 11 is 0. The number of nitrogens with one attached hydrogen (secondary N) is 1. The second kappa shape index (κ2) is 6.30. The smallest absolute Gasteiger partial charge is 0.322 e. The van der Waals surface area contributed by atoms with Crippen LogP contribution in [0.3, 0.4) is 0 Å². The molecule has 0 fully saturated rings. The molecule has 0 aliphatic rings. The number of rotatable bonds is 3. The monoisotopic (exact) mass is 232 g/mol. The summed E-state index contributed by atoms with van der Waals surface area (Å²) in [6.45, 7) is -0.220. The molecule has 88 valence electrons. The van der Waals surface area contributed by atoms with Gasteiger partial charge >= 0.3 is 5.97 Å². The molecule has 0 bridgehead atoms. The normalized spacial score (nSPS) is 9.00. The van der Waals surface area contributed by atoms with Crippen molar-refractivity contribution in [3.8, 4) is 11.8 Å². The molecule has 1 aromatic carbocycles. The number of nitrogens with two attached hydrogens (primary N) is 1. The van der Waals surface area contributed by atoms with E-state index in [1.165, 1.54) is 0 Å². The van der Waals surface area contributed by atoms with Gasteiger partial charge in [-0.1, -0.05) is 24.0 Å². The summed E-state index contributed by atoms with van der Waals surface area (Å²) in [6, 6.07) is 6.69. The zero-order valence-corrected chi connectivity index (χ0v) is 9.06. The minimum atomic E-state index is -1.09. The second-order valence-corrected chi connectivity index (χ2v) is 3.13. The molecular formula is C12H12N2O3. The highest BCUT2D eigenvalue weighted by Gasteiger charge is 2.10. The number of carbonyl (C=O) groups excluding carboxylic acids is 1. The number of aliphatic carboxylic acids is 1. The first-order valence-electron chi connectivity index (χ1n) is 4.93. The molecule has 1 rings (SSSR count). The van der Waals surface area contributed by atoms with Gasteiger partial charge in [0.2, 0.25) is 0 Å². The number of carboxylic acid groups (broad SMARTS) is 1. The summed E-state index contributed by atoms with van der Waals surface area (Å²) in [7, 11) is 0. The lowest BCUT2D eigenvalue weighted by Crippen LogP contribution is -2.29. The summed E-state index contributed by atoms with van der Waals surface area (Å²) in [4.78, 5) is 22.0. The predicted molar refractivity (Wildman–Crippen MR) is 62.3 cm³/mol. The van der Waals surface area contributed by atoms with E-state index in [0.29, 0.717) is 11.1 Å². The van der Waals surface area contributed by atoms with E-state index in [2.05, 4.69) is 17.2 Å². The molecule has 5 nitrogen and oxygen atoms in total. The number of hydrogen-bond donors (Lipinski definition) is 3. The zero-order chi connectivity index (χ0) is 12.7. The lowest BCUT2D eigenvalue weighted by Gasteiger charge is -2.04. The molecular weight excluding hydrogens is 220 g/mol. The lowest BCUT2D eigenvalue weighted by atomic mass is 10.1. The Balaban J connectivity index is 2.89. The quantitative estimate of drug-likeness (QED) is 0.630. The Kier molecular flexibility index (Phi) is 4.73. The average Bonchev–Trinajstić information content (AvgIpc) is 2.33. The van der Waals surface area contributed by atoms with Crippen LogP contribution in [-0.2, 0) is 4.79 Å². The van der Waals surface area contributed by atoms with Crippen LogP contribution in [0.5, 0.6) is 0 Å². The van der Waals surface area contributed by atoms with Crippen LogP contribution in [0.15, 0.2) is 24.3 Å². The molecule has 0 aromatic heterocycles. The van der Waals surface area contributed by atoms with Gasteiger partial charge in [-0.05, 0) is 12.1 Å². The molecule has 0 aliphatic heterocycles. The molecule has 0 atom stereocenters. The molecule has 0 aliphatic carbocycles. The maximum Gasteiger partial charge on any atom is 0.322 e. The highest BCUT2D eigenvalue weighted by Crippen LogP contribution is 2.06. The largest absolute Gasteiger partial charge is 0.480 e. The number of benzene rings is 1. The first kappa shape index (κ1) is 12.7. The van der Waals surface area contributed by atoms with Gasteiger partial charge in [0.15, 0.2) is 0 Å². The van der Waals surface area contributed by atoms with Crippen molar-refractivity contribution in [1.82, 2.24) is 5.32 Å². The van der Waals surface area contributed by atoms with E-state index in [4.69, 9.17) is 10.8 Å². The zero-order valence-electron chi connectivity index (χ0n) is 9.06. The van der Waals surface area contributed by atoms with Crippen LogP contribution in [0.2, 0.25) is 0 Å². The van der Waals surface area contributed by atoms with Crippen LogP contribution in [-0.4, -0.2) is 30.1 Å². The van der Waals surface area contributed by atoms with E-state index in [1.807, 2.05) is 0 Å². The van der Waals surface area contributed by atoms with Crippen LogP contribution < -0.4 is 11.1 Å². The fourth-order valence-electron chi connectivity index (χ4n) is 1.19. The van der Waals surface area contributed by atoms with Crippen LogP contribution >= 0.6 is 0 Å².